The number of carbonyl (C=O) groups is 1. The molecule has 0 bridgehead atoms. The van der Waals surface area contributed by atoms with Crippen LogP contribution < -0.4 is 0 Å². The van der Waals surface area contributed by atoms with Crippen LogP contribution in [0.4, 0.5) is 17.6 Å². The maximum absolute atomic E-state index is 12.3. The highest BCUT2D eigenvalue weighted by atomic mass is 32.2. The molecule has 1 rings (SSSR count). The maximum Gasteiger partial charge on any atom is 0.449 e. The third-order valence-electron chi connectivity index (χ3n) is 1.29. The summed E-state index contributed by atoms with van der Waals surface area (Å²) >= 11 is -0.746. The van der Waals surface area contributed by atoms with E-state index in [1.54, 1.807) is 0 Å². The third kappa shape index (κ3) is 3.37. The molecule has 1 nitrogen and oxygen atoms in total. The molecule has 14 heavy (non-hydrogen) atoms. The number of rotatable bonds is 1. The first kappa shape index (κ1) is 11.0. The summed E-state index contributed by atoms with van der Waals surface area (Å²) in [4.78, 5) is 10.9. The Hall–Kier alpha value is -1.04. The molecule has 0 aliphatic heterocycles. The van der Waals surface area contributed by atoms with Gasteiger partial charge >= 0.3 is 5.51 Å². The minimum Gasteiger partial charge on any atom is -0.281 e. The van der Waals surface area contributed by atoms with Crippen molar-refractivity contribution in [2.45, 2.75) is 5.51 Å². The van der Waals surface area contributed by atoms with Crippen molar-refractivity contribution >= 4 is 16.9 Å². The molecule has 0 radical (unpaired) electrons. The lowest BCUT2D eigenvalue weighted by Gasteiger charge is -2.03. The molecule has 0 saturated heterocycles. The molecular weight excluding hydrogens is 220 g/mol. The second-order valence-electron chi connectivity index (χ2n) is 2.34. The average Bonchev–Trinajstić information content (AvgIpc) is 2.02. The second-order valence-corrected chi connectivity index (χ2v) is 3.38. The van der Waals surface area contributed by atoms with Crippen LogP contribution in [0.5, 0.6) is 0 Å². The van der Waals surface area contributed by atoms with Gasteiger partial charge in [0.1, 0.15) is 5.82 Å². The first-order valence-electron chi connectivity index (χ1n) is 3.44. The molecule has 0 N–H and O–H groups in total. The van der Waals surface area contributed by atoms with Gasteiger partial charge in [0.15, 0.2) is 0 Å². The summed E-state index contributed by atoms with van der Waals surface area (Å²) in [6.45, 7) is 0. The van der Waals surface area contributed by atoms with E-state index in [1.807, 2.05) is 0 Å². The molecule has 0 fully saturated rings. The summed E-state index contributed by atoms with van der Waals surface area (Å²) in [5.74, 6) is -0.599. The van der Waals surface area contributed by atoms with Crippen molar-refractivity contribution in [3.05, 3.63) is 35.6 Å². The van der Waals surface area contributed by atoms with Crippen LogP contribution in [-0.4, -0.2) is 10.6 Å². The smallest absolute Gasteiger partial charge is 0.281 e. The Morgan fingerprint density at radius 2 is 1.64 bits per heavy atom. The average molecular weight is 224 g/mol. The minimum atomic E-state index is -4.61. The van der Waals surface area contributed by atoms with E-state index in [1.165, 1.54) is 0 Å². The Balaban J connectivity index is 2.76. The highest BCUT2D eigenvalue weighted by molar-refractivity contribution is 8.14. The van der Waals surface area contributed by atoms with Gasteiger partial charge in [-0.3, -0.25) is 4.79 Å². The van der Waals surface area contributed by atoms with E-state index in [0.717, 1.165) is 24.3 Å². The standard InChI is InChI=1S/C8H4F4OS/c9-6-3-1-5(2-4-6)7(13)14-8(10,11)12/h1-4H. The predicted octanol–water partition coefficient (Wildman–Crippen LogP) is 3.22. The number of hydrogen-bond donors (Lipinski definition) is 0. The number of thioether (sulfide) groups is 1. The van der Waals surface area contributed by atoms with Gasteiger partial charge in [-0.15, -0.1) is 0 Å². The lowest BCUT2D eigenvalue weighted by Crippen LogP contribution is -2.06. The molecule has 0 atom stereocenters. The molecule has 0 unspecified atom stereocenters. The highest BCUT2D eigenvalue weighted by Crippen LogP contribution is 2.32. The fourth-order valence-electron chi connectivity index (χ4n) is 0.750. The summed E-state index contributed by atoms with van der Waals surface area (Å²) < 4.78 is 47.6. The van der Waals surface area contributed by atoms with E-state index in [-0.39, 0.29) is 5.56 Å². The molecule has 0 heterocycles. The van der Waals surface area contributed by atoms with Crippen molar-refractivity contribution in [1.82, 2.24) is 0 Å². The van der Waals surface area contributed by atoms with E-state index in [0.29, 0.717) is 0 Å². The minimum absolute atomic E-state index is 0.172. The van der Waals surface area contributed by atoms with E-state index in [2.05, 4.69) is 0 Å². The lowest BCUT2D eigenvalue weighted by molar-refractivity contribution is -0.0322. The van der Waals surface area contributed by atoms with E-state index < -0.39 is 28.2 Å². The van der Waals surface area contributed by atoms with Crippen molar-refractivity contribution in [3.8, 4) is 0 Å². The molecule has 0 aliphatic carbocycles. The molecule has 6 heteroatoms. The Kier molecular flexibility index (Phi) is 3.15. The zero-order valence-corrected chi connectivity index (χ0v) is 7.45. The fraction of sp³-hybridized carbons (Fsp3) is 0.125. The number of alkyl halides is 3. The van der Waals surface area contributed by atoms with Gasteiger partial charge in [-0.25, -0.2) is 4.39 Å². The maximum atomic E-state index is 12.3. The Bertz CT molecular complexity index is 330. The molecule has 76 valence electrons. The zero-order valence-electron chi connectivity index (χ0n) is 6.64. The molecule has 1 aromatic carbocycles. The Morgan fingerprint density at radius 3 is 2.07 bits per heavy atom. The van der Waals surface area contributed by atoms with Crippen molar-refractivity contribution < 1.29 is 22.4 Å². The molecular formula is C8H4F4OS. The van der Waals surface area contributed by atoms with Crippen LogP contribution in [0.15, 0.2) is 24.3 Å². The van der Waals surface area contributed by atoms with Crippen LogP contribution in [0.25, 0.3) is 0 Å². The first-order chi connectivity index (χ1) is 6.38. The van der Waals surface area contributed by atoms with Gasteiger partial charge in [0.2, 0.25) is 5.12 Å². The SMILES string of the molecule is O=C(SC(F)(F)F)c1ccc(F)cc1. The van der Waals surface area contributed by atoms with Gasteiger partial charge in [0.05, 0.1) is 0 Å². The first-order valence-corrected chi connectivity index (χ1v) is 4.26. The van der Waals surface area contributed by atoms with Crippen LogP contribution in [0.1, 0.15) is 10.4 Å². The Morgan fingerprint density at radius 1 is 1.14 bits per heavy atom. The van der Waals surface area contributed by atoms with Gasteiger partial charge in [-0.1, -0.05) is 0 Å². The summed E-state index contributed by atoms with van der Waals surface area (Å²) in [7, 11) is 0. The van der Waals surface area contributed by atoms with Gasteiger partial charge in [0.25, 0.3) is 0 Å². The number of carbonyl (C=O) groups excluding carboxylic acids is 1. The largest absolute Gasteiger partial charge is 0.449 e. The monoisotopic (exact) mass is 224 g/mol. The number of hydrogen-bond acceptors (Lipinski definition) is 2. The van der Waals surface area contributed by atoms with Crippen LogP contribution in [0, 0.1) is 5.82 Å². The molecule has 0 spiro atoms. The van der Waals surface area contributed by atoms with Gasteiger partial charge in [-0.2, -0.15) is 13.2 Å². The zero-order chi connectivity index (χ0) is 10.8. The molecule has 1 aromatic rings. The van der Waals surface area contributed by atoms with E-state index >= 15 is 0 Å². The van der Waals surface area contributed by atoms with Gasteiger partial charge in [0, 0.05) is 17.3 Å². The summed E-state index contributed by atoms with van der Waals surface area (Å²) in [5, 5.41) is -1.14. The van der Waals surface area contributed by atoms with Crippen molar-refractivity contribution in [2.24, 2.45) is 0 Å². The highest BCUT2D eigenvalue weighted by Gasteiger charge is 2.33. The van der Waals surface area contributed by atoms with E-state index in [4.69, 9.17) is 0 Å². The van der Waals surface area contributed by atoms with Crippen LogP contribution >= 0.6 is 11.8 Å². The molecule has 0 amide bonds. The van der Waals surface area contributed by atoms with E-state index in [9.17, 15) is 22.4 Å². The van der Waals surface area contributed by atoms with Crippen molar-refractivity contribution in [3.63, 3.8) is 0 Å². The quantitative estimate of drug-likeness (QED) is 0.681. The molecule has 0 aliphatic rings. The third-order valence-corrected chi connectivity index (χ3v) is 1.94. The van der Waals surface area contributed by atoms with Crippen LogP contribution in [-0.2, 0) is 0 Å². The molecule has 0 aromatic heterocycles. The Labute approximate surface area is 81.1 Å². The number of halogens is 4. The number of benzene rings is 1. The predicted molar refractivity (Wildman–Crippen MR) is 44.4 cm³/mol. The summed E-state index contributed by atoms with van der Waals surface area (Å²) in [5.41, 5.74) is -4.78. The fourth-order valence-corrected chi connectivity index (χ4v) is 1.21. The lowest BCUT2D eigenvalue weighted by atomic mass is 10.2. The van der Waals surface area contributed by atoms with Crippen molar-refractivity contribution in [2.75, 3.05) is 0 Å². The normalized spacial score (nSPS) is 11.4. The van der Waals surface area contributed by atoms with Crippen LogP contribution in [0.2, 0.25) is 0 Å². The van der Waals surface area contributed by atoms with Crippen molar-refractivity contribution in [1.29, 1.82) is 0 Å². The summed E-state index contributed by atoms with van der Waals surface area (Å²) in [6.07, 6.45) is 0. The summed E-state index contributed by atoms with van der Waals surface area (Å²) in [6, 6.07) is 3.89. The second kappa shape index (κ2) is 4.00. The van der Waals surface area contributed by atoms with Gasteiger partial charge < -0.3 is 0 Å². The van der Waals surface area contributed by atoms with Gasteiger partial charge in [-0.05, 0) is 24.3 Å². The topological polar surface area (TPSA) is 17.1 Å². The van der Waals surface area contributed by atoms with Crippen LogP contribution in [0.3, 0.4) is 0 Å². The molecule has 0 saturated carbocycles.